The third-order valence-corrected chi connectivity index (χ3v) is 3.41. The van der Waals surface area contributed by atoms with Gasteiger partial charge < -0.3 is 9.80 Å². The first-order valence-electron chi connectivity index (χ1n) is 6.99. The van der Waals surface area contributed by atoms with Gasteiger partial charge >= 0.3 is 0 Å². The second-order valence-corrected chi connectivity index (χ2v) is 5.31. The molecule has 0 aliphatic rings. The van der Waals surface area contributed by atoms with E-state index >= 15 is 0 Å². The largest absolute Gasteiger partial charge is 0.356 e. The zero-order chi connectivity index (χ0) is 14.3. The molecule has 1 aromatic rings. The summed E-state index contributed by atoms with van der Waals surface area (Å²) in [5.41, 5.74) is 1.08. The maximum Gasteiger partial charge on any atom is 0.137 e. The van der Waals surface area contributed by atoms with Gasteiger partial charge in [0.2, 0.25) is 0 Å². The summed E-state index contributed by atoms with van der Waals surface area (Å²) in [6.07, 6.45) is 4.66. The molecule has 4 nitrogen and oxygen atoms in total. The molecule has 0 bridgehead atoms. The molecule has 0 spiro atoms. The van der Waals surface area contributed by atoms with E-state index in [2.05, 4.69) is 47.7 Å². The smallest absolute Gasteiger partial charge is 0.137 e. The first-order chi connectivity index (χ1) is 9.10. The molecule has 0 aliphatic carbocycles. The molecule has 0 aliphatic heterocycles. The van der Waals surface area contributed by atoms with Crippen molar-refractivity contribution in [2.75, 3.05) is 38.6 Å². The summed E-state index contributed by atoms with van der Waals surface area (Å²) in [6, 6.07) is 0. The third-order valence-electron chi connectivity index (χ3n) is 3.08. The molecule has 0 atom stereocenters. The Labute approximate surface area is 121 Å². The van der Waals surface area contributed by atoms with Crippen molar-refractivity contribution in [1.29, 1.82) is 0 Å². The standard InChI is InChI=1S/C14H25ClN4/c1-5-8-12-13(15)16-11-17-14(12)19(6-2)10-7-9-18(3)4/h11H,5-10H2,1-4H3. The predicted molar refractivity (Wildman–Crippen MR) is 82.1 cm³/mol. The molecule has 1 aromatic heterocycles. The van der Waals surface area contributed by atoms with E-state index in [1.165, 1.54) is 0 Å². The van der Waals surface area contributed by atoms with Crippen molar-refractivity contribution >= 4 is 17.4 Å². The van der Waals surface area contributed by atoms with Crippen LogP contribution in [0.15, 0.2) is 6.33 Å². The number of anilines is 1. The van der Waals surface area contributed by atoms with Crippen LogP contribution >= 0.6 is 11.6 Å². The Morgan fingerprint density at radius 3 is 2.47 bits per heavy atom. The van der Waals surface area contributed by atoms with Gasteiger partial charge in [-0.1, -0.05) is 24.9 Å². The van der Waals surface area contributed by atoms with Crippen LogP contribution in [0, 0.1) is 0 Å². The molecule has 0 amide bonds. The van der Waals surface area contributed by atoms with E-state index in [0.717, 1.165) is 50.3 Å². The second-order valence-electron chi connectivity index (χ2n) is 4.95. The van der Waals surface area contributed by atoms with Gasteiger partial charge in [0.05, 0.1) is 0 Å². The van der Waals surface area contributed by atoms with E-state index in [-0.39, 0.29) is 0 Å². The fourth-order valence-electron chi connectivity index (χ4n) is 2.11. The minimum atomic E-state index is 0.595. The Hall–Kier alpha value is -0.870. The van der Waals surface area contributed by atoms with Crippen LogP contribution in [-0.4, -0.2) is 48.6 Å². The van der Waals surface area contributed by atoms with Gasteiger partial charge in [-0.3, -0.25) is 0 Å². The van der Waals surface area contributed by atoms with Gasteiger partial charge in [0, 0.05) is 18.7 Å². The molecular weight excluding hydrogens is 260 g/mol. The van der Waals surface area contributed by atoms with E-state index in [1.807, 2.05) is 0 Å². The van der Waals surface area contributed by atoms with E-state index in [9.17, 15) is 0 Å². The molecular formula is C14H25ClN4. The fourth-order valence-corrected chi connectivity index (χ4v) is 2.33. The minimum Gasteiger partial charge on any atom is -0.356 e. The maximum atomic E-state index is 6.21. The van der Waals surface area contributed by atoms with Crippen LogP contribution in [0.2, 0.25) is 5.15 Å². The Balaban J connectivity index is 2.82. The van der Waals surface area contributed by atoms with E-state index in [1.54, 1.807) is 6.33 Å². The third kappa shape index (κ3) is 4.96. The number of aromatic nitrogens is 2. The van der Waals surface area contributed by atoms with Crippen LogP contribution in [0.3, 0.4) is 0 Å². The molecule has 0 saturated carbocycles. The van der Waals surface area contributed by atoms with Crippen LogP contribution in [0.5, 0.6) is 0 Å². The lowest BCUT2D eigenvalue weighted by atomic mass is 10.1. The highest BCUT2D eigenvalue weighted by molar-refractivity contribution is 6.30. The molecule has 1 rings (SSSR count). The Morgan fingerprint density at radius 2 is 1.89 bits per heavy atom. The zero-order valence-electron chi connectivity index (χ0n) is 12.5. The number of hydrogen-bond acceptors (Lipinski definition) is 4. The lowest BCUT2D eigenvalue weighted by Gasteiger charge is -2.25. The summed E-state index contributed by atoms with van der Waals surface area (Å²) in [5, 5.41) is 0.595. The minimum absolute atomic E-state index is 0.595. The van der Waals surface area contributed by atoms with Crippen molar-refractivity contribution in [3.05, 3.63) is 17.0 Å². The number of halogens is 1. The molecule has 0 aromatic carbocycles. The monoisotopic (exact) mass is 284 g/mol. The second kappa shape index (κ2) is 8.33. The molecule has 19 heavy (non-hydrogen) atoms. The quantitative estimate of drug-likeness (QED) is 0.687. The van der Waals surface area contributed by atoms with Crippen molar-refractivity contribution in [2.45, 2.75) is 33.1 Å². The molecule has 108 valence electrons. The summed E-state index contributed by atoms with van der Waals surface area (Å²) in [4.78, 5) is 13.0. The van der Waals surface area contributed by atoms with Gasteiger partial charge in [-0.05, 0) is 40.4 Å². The van der Waals surface area contributed by atoms with Gasteiger partial charge in [-0.25, -0.2) is 9.97 Å². The van der Waals surface area contributed by atoms with Crippen LogP contribution in [0.4, 0.5) is 5.82 Å². The average molecular weight is 285 g/mol. The zero-order valence-corrected chi connectivity index (χ0v) is 13.2. The number of nitrogens with zero attached hydrogens (tertiary/aromatic N) is 4. The van der Waals surface area contributed by atoms with Crippen LogP contribution in [0.1, 0.15) is 32.3 Å². The van der Waals surface area contributed by atoms with Gasteiger partial charge in [0.25, 0.3) is 0 Å². The van der Waals surface area contributed by atoms with Crippen LogP contribution in [0.25, 0.3) is 0 Å². The van der Waals surface area contributed by atoms with Crippen LogP contribution in [-0.2, 0) is 6.42 Å². The van der Waals surface area contributed by atoms with Crippen LogP contribution < -0.4 is 4.90 Å². The fraction of sp³-hybridized carbons (Fsp3) is 0.714. The Kier molecular flexibility index (Phi) is 7.10. The predicted octanol–water partition coefficient (Wildman–Crippen LogP) is 2.86. The lowest BCUT2D eigenvalue weighted by Crippen LogP contribution is -2.29. The molecule has 1 heterocycles. The summed E-state index contributed by atoms with van der Waals surface area (Å²) >= 11 is 6.21. The van der Waals surface area contributed by atoms with E-state index in [4.69, 9.17) is 11.6 Å². The van der Waals surface area contributed by atoms with Crippen molar-refractivity contribution < 1.29 is 0 Å². The van der Waals surface area contributed by atoms with Crippen molar-refractivity contribution in [2.24, 2.45) is 0 Å². The molecule has 0 radical (unpaired) electrons. The summed E-state index contributed by atoms with van der Waals surface area (Å²) < 4.78 is 0. The highest BCUT2D eigenvalue weighted by Gasteiger charge is 2.14. The normalized spacial score (nSPS) is 11.1. The van der Waals surface area contributed by atoms with Crippen molar-refractivity contribution in [3.8, 4) is 0 Å². The van der Waals surface area contributed by atoms with Gasteiger partial charge in [-0.2, -0.15) is 0 Å². The first-order valence-corrected chi connectivity index (χ1v) is 7.37. The van der Waals surface area contributed by atoms with Gasteiger partial charge in [0.15, 0.2) is 0 Å². The SMILES string of the molecule is CCCc1c(Cl)ncnc1N(CC)CCCN(C)C. The average Bonchev–Trinajstić information content (AvgIpc) is 2.37. The molecule has 0 saturated heterocycles. The van der Waals surface area contributed by atoms with Gasteiger partial charge in [0.1, 0.15) is 17.3 Å². The molecule has 0 unspecified atom stereocenters. The highest BCUT2D eigenvalue weighted by atomic mass is 35.5. The summed E-state index contributed by atoms with van der Waals surface area (Å²) in [5.74, 6) is 1.00. The van der Waals surface area contributed by atoms with Gasteiger partial charge in [-0.15, -0.1) is 0 Å². The molecule has 0 fully saturated rings. The van der Waals surface area contributed by atoms with Crippen molar-refractivity contribution in [1.82, 2.24) is 14.9 Å². The maximum absolute atomic E-state index is 6.21. The van der Waals surface area contributed by atoms with E-state index in [0.29, 0.717) is 5.15 Å². The lowest BCUT2D eigenvalue weighted by molar-refractivity contribution is 0.400. The molecule has 0 N–H and O–H groups in total. The Bertz CT molecular complexity index is 382. The number of hydrogen-bond donors (Lipinski definition) is 0. The van der Waals surface area contributed by atoms with Crippen molar-refractivity contribution in [3.63, 3.8) is 0 Å². The summed E-state index contributed by atoms with van der Waals surface area (Å²) in [6.45, 7) is 7.32. The topological polar surface area (TPSA) is 32.3 Å². The first kappa shape index (κ1) is 16.2. The molecule has 5 heteroatoms. The van der Waals surface area contributed by atoms with E-state index < -0.39 is 0 Å². The Morgan fingerprint density at radius 1 is 1.16 bits per heavy atom. The summed E-state index contributed by atoms with van der Waals surface area (Å²) in [7, 11) is 4.20. The highest BCUT2D eigenvalue weighted by Crippen LogP contribution is 2.24. The number of rotatable bonds is 8.